The number of carboxylic acids is 1. The van der Waals surface area contributed by atoms with Crippen LogP contribution >= 0.6 is 0 Å². The van der Waals surface area contributed by atoms with Gasteiger partial charge in [-0.05, 0) is 63.5 Å². The van der Waals surface area contributed by atoms with Crippen LogP contribution in [0, 0.1) is 11.8 Å². The fourth-order valence-corrected chi connectivity index (χ4v) is 5.61. The Kier molecular flexibility index (Phi) is 10.2. The lowest BCUT2D eigenvalue weighted by Gasteiger charge is -2.37. The summed E-state index contributed by atoms with van der Waals surface area (Å²) >= 11 is 0. The zero-order valence-electron chi connectivity index (χ0n) is 20.5. The Balaban J connectivity index is 1.47. The minimum Gasteiger partial charge on any atom is -0.494 e. The molecule has 0 spiro atoms. The first-order valence-corrected chi connectivity index (χ1v) is 13.2. The molecule has 3 fully saturated rings. The van der Waals surface area contributed by atoms with Gasteiger partial charge in [-0.3, -0.25) is 4.79 Å². The van der Waals surface area contributed by atoms with Gasteiger partial charge in [0.2, 0.25) is 0 Å². The molecule has 4 rings (SSSR count). The van der Waals surface area contributed by atoms with E-state index in [2.05, 4.69) is 0 Å². The zero-order valence-corrected chi connectivity index (χ0v) is 20.5. The molecular formula is C27H40O8. The Morgan fingerprint density at radius 2 is 1.74 bits per heavy atom. The van der Waals surface area contributed by atoms with E-state index in [4.69, 9.17) is 23.7 Å². The summed E-state index contributed by atoms with van der Waals surface area (Å²) < 4.78 is 30.4. The van der Waals surface area contributed by atoms with Crippen molar-refractivity contribution in [1.82, 2.24) is 0 Å². The standard InChI is InChI=1S/C27H40O8/c28-21-18-23(35-26-13-5-7-15-33-26)27(20(21)17-24(29)30)22(34-25-12-4-6-14-32-25)11-8-16-31-19-9-2-1-3-10-19/h1-3,9-10,20-23,25-28H,4-8,11-18H2,(H,29,30)/t20-,21-,22?,23+,25?,26?,27+/m0/s1. The smallest absolute Gasteiger partial charge is 0.303 e. The number of aliphatic hydroxyl groups excluding tert-OH is 1. The number of rotatable bonds is 12. The van der Waals surface area contributed by atoms with Gasteiger partial charge < -0.3 is 33.9 Å². The van der Waals surface area contributed by atoms with Crippen molar-refractivity contribution in [3.63, 3.8) is 0 Å². The van der Waals surface area contributed by atoms with Gasteiger partial charge in [0, 0.05) is 31.5 Å². The Morgan fingerprint density at radius 3 is 2.40 bits per heavy atom. The average Bonchev–Trinajstić information content (AvgIpc) is 3.16. The van der Waals surface area contributed by atoms with E-state index in [9.17, 15) is 15.0 Å². The quantitative estimate of drug-likeness (QED) is 0.420. The third kappa shape index (κ3) is 7.89. The molecule has 35 heavy (non-hydrogen) atoms. The number of hydrogen-bond acceptors (Lipinski definition) is 7. The first kappa shape index (κ1) is 26.4. The van der Waals surface area contributed by atoms with Gasteiger partial charge in [0.25, 0.3) is 0 Å². The molecule has 8 nitrogen and oxygen atoms in total. The highest BCUT2D eigenvalue weighted by molar-refractivity contribution is 5.67. The van der Waals surface area contributed by atoms with Crippen molar-refractivity contribution < 1.29 is 38.7 Å². The number of aliphatic carboxylic acids is 1. The van der Waals surface area contributed by atoms with Crippen LogP contribution in [0.2, 0.25) is 0 Å². The lowest BCUT2D eigenvalue weighted by molar-refractivity contribution is -0.232. The third-order valence-corrected chi connectivity index (χ3v) is 7.31. The minimum absolute atomic E-state index is 0.122. The SMILES string of the molecule is O=C(O)C[C@@H]1[C@H](C(CCCOc2ccccc2)OC2CCCCO2)[C@H](OC2CCCCO2)C[C@@H]1O. The van der Waals surface area contributed by atoms with Gasteiger partial charge in [-0.15, -0.1) is 0 Å². The van der Waals surface area contributed by atoms with Crippen LogP contribution in [0.4, 0.5) is 0 Å². The second kappa shape index (κ2) is 13.6. The molecule has 0 radical (unpaired) electrons. The summed E-state index contributed by atoms with van der Waals surface area (Å²) in [6.07, 6.45) is 5.34. The number of aliphatic hydroxyl groups is 1. The maximum atomic E-state index is 11.7. The molecule has 196 valence electrons. The van der Waals surface area contributed by atoms with Crippen molar-refractivity contribution in [2.24, 2.45) is 11.8 Å². The zero-order chi connectivity index (χ0) is 24.5. The van der Waals surface area contributed by atoms with Gasteiger partial charge in [0.15, 0.2) is 12.6 Å². The van der Waals surface area contributed by atoms with Crippen LogP contribution in [-0.4, -0.2) is 66.9 Å². The van der Waals surface area contributed by atoms with Gasteiger partial charge in [-0.25, -0.2) is 0 Å². The molecule has 2 saturated heterocycles. The molecule has 2 heterocycles. The van der Waals surface area contributed by atoms with Crippen LogP contribution in [0.3, 0.4) is 0 Å². The summed E-state index contributed by atoms with van der Waals surface area (Å²) in [5, 5.41) is 20.5. The molecule has 2 N–H and O–H groups in total. The average molecular weight is 493 g/mol. The van der Waals surface area contributed by atoms with Crippen molar-refractivity contribution in [2.75, 3.05) is 19.8 Å². The first-order chi connectivity index (χ1) is 17.1. The summed E-state index contributed by atoms with van der Waals surface area (Å²) in [6, 6.07) is 9.67. The van der Waals surface area contributed by atoms with E-state index in [1.807, 2.05) is 30.3 Å². The Morgan fingerprint density at radius 1 is 1.03 bits per heavy atom. The second-order valence-electron chi connectivity index (χ2n) is 9.89. The van der Waals surface area contributed by atoms with E-state index in [1.165, 1.54) is 0 Å². The number of carboxylic acid groups (broad SMARTS) is 1. The molecule has 1 aromatic rings. The molecule has 1 aliphatic carbocycles. The van der Waals surface area contributed by atoms with Crippen molar-refractivity contribution in [1.29, 1.82) is 0 Å². The predicted octanol–water partition coefficient (Wildman–Crippen LogP) is 4.14. The van der Waals surface area contributed by atoms with Crippen molar-refractivity contribution in [3.05, 3.63) is 30.3 Å². The molecule has 0 bridgehead atoms. The van der Waals surface area contributed by atoms with E-state index in [-0.39, 0.29) is 37.1 Å². The lowest BCUT2D eigenvalue weighted by atomic mass is 9.84. The molecule has 1 saturated carbocycles. The third-order valence-electron chi connectivity index (χ3n) is 7.31. The number of benzene rings is 1. The van der Waals surface area contributed by atoms with Crippen LogP contribution in [0.25, 0.3) is 0 Å². The fourth-order valence-electron chi connectivity index (χ4n) is 5.61. The van der Waals surface area contributed by atoms with Crippen LogP contribution in [0.15, 0.2) is 30.3 Å². The highest BCUT2D eigenvalue weighted by atomic mass is 16.7. The van der Waals surface area contributed by atoms with Crippen LogP contribution < -0.4 is 4.74 Å². The maximum Gasteiger partial charge on any atom is 0.303 e. The molecule has 1 aromatic carbocycles. The van der Waals surface area contributed by atoms with Gasteiger partial charge in [-0.2, -0.15) is 0 Å². The van der Waals surface area contributed by atoms with Crippen molar-refractivity contribution in [3.8, 4) is 5.75 Å². The number of hydrogen-bond donors (Lipinski definition) is 2. The summed E-state index contributed by atoms with van der Waals surface area (Å²) in [4.78, 5) is 11.7. The molecule has 7 atom stereocenters. The molecule has 0 amide bonds. The number of ether oxygens (including phenoxy) is 5. The predicted molar refractivity (Wildman–Crippen MR) is 128 cm³/mol. The van der Waals surface area contributed by atoms with Crippen LogP contribution in [0.1, 0.15) is 64.2 Å². The molecule has 2 aliphatic heterocycles. The van der Waals surface area contributed by atoms with E-state index in [0.29, 0.717) is 32.7 Å². The first-order valence-electron chi connectivity index (χ1n) is 13.2. The van der Waals surface area contributed by atoms with E-state index < -0.39 is 18.0 Å². The summed E-state index contributed by atoms with van der Waals surface area (Å²) in [6.45, 7) is 1.84. The Hall–Kier alpha value is -1.71. The molecule has 0 aromatic heterocycles. The van der Waals surface area contributed by atoms with Gasteiger partial charge in [-0.1, -0.05) is 18.2 Å². The summed E-state index contributed by atoms with van der Waals surface area (Å²) in [5.41, 5.74) is 0. The highest BCUT2D eigenvalue weighted by Gasteiger charge is 2.49. The van der Waals surface area contributed by atoms with Gasteiger partial charge >= 0.3 is 5.97 Å². The molecular weight excluding hydrogens is 452 g/mol. The maximum absolute atomic E-state index is 11.7. The molecule has 8 heteroatoms. The topological polar surface area (TPSA) is 104 Å². The fraction of sp³-hybridized carbons (Fsp3) is 0.741. The molecule has 3 aliphatic rings. The highest BCUT2D eigenvalue weighted by Crippen LogP contribution is 2.43. The van der Waals surface area contributed by atoms with E-state index in [0.717, 1.165) is 50.7 Å². The number of carbonyl (C=O) groups is 1. The van der Waals surface area contributed by atoms with Gasteiger partial charge in [0.1, 0.15) is 5.75 Å². The minimum atomic E-state index is -0.923. The van der Waals surface area contributed by atoms with Crippen molar-refractivity contribution >= 4 is 5.97 Å². The summed E-state index contributed by atoms with van der Waals surface area (Å²) in [7, 11) is 0. The Bertz CT molecular complexity index is 747. The summed E-state index contributed by atoms with van der Waals surface area (Å²) in [5.74, 6) is -0.830. The monoisotopic (exact) mass is 492 g/mol. The largest absolute Gasteiger partial charge is 0.494 e. The van der Waals surface area contributed by atoms with Crippen LogP contribution in [0.5, 0.6) is 5.75 Å². The van der Waals surface area contributed by atoms with Crippen molar-refractivity contribution in [2.45, 2.75) is 95.1 Å². The van der Waals surface area contributed by atoms with E-state index in [1.54, 1.807) is 0 Å². The second-order valence-corrected chi connectivity index (χ2v) is 9.89. The Labute approximate surface area is 207 Å². The van der Waals surface area contributed by atoms with Crippen LogP contribution in [-0.2, 0) is 23.7 Å². The number of para-hydroxylation sites is 1. The lowest BCUT2D eigenvalue weighted by Crippen LogP contribution is -2.42. The van der Waals surface area contributed by atoms with Gasteiger partial charge in [0.05, 0.1) is 31.3 Å². The molecule has 3 unspecified atom stereocenters. The normalized spacial score (nSPS) is 32.3. The van der Waals surface area contributed by atoms with E-state index >= 15 is 0 Å².